The highest BCUT2D eigenvalue weighted by atomic mass is 16.5. The van der Waals surface area contributed by atoms with Gasteiger partial charge in [0.1, 0.15) is 5.82 Å². The number of aromatic nitrogens is 2. The van der Waals surface area contributed by atoms with E-state index in [-0.39, 0.29) is 1.43 Å². The lowest BCUT2D eigenvalue weighted by atomic mass is 10.2. The lowest BCUT2D eigenvalue weighted by Crippen LogP contribution is -2.04. The van der Waals surface area contributed by atoms with E-state index in [0.717, 1.165) is 18.3 Å². The van der Waals surface area contributed by atoms with E-state index < -0.39 is 0 Å². The van der Waals surface area contributed by atoms with Crippen molar-refractivity contribution in [2.75, 3.05) is 6.61 Å². The molecule has 0 atom stereocenters. The fourth-order valence-corrected chi connectivity index (χ4v) is 0.728. The van der Waals surface area contributed by atoms with Crippen LogP contribution in [0.2, 0.25) is 0 Å². The standard InChI is InChI=1S/C8H14N2O.H2/c1-6(2)5-11-8-4-9-7(3)10-8;/h4,6H,5H2,1-3H3,(H,9,10);1H. The smallest absolute Gasteiger partial charge is 0.211 e. The first-order chi connectivity index (χ1) is 5.18. The van der Waals surface area contributed by atoms with Gasteiger partial charge in [0, 0.05) is 1.43 Å². The summed E-state index contributed by atoms with van der Waals surface area (Å²) in [7, 11) is 0. The van der Waals surface area contributed by atoms with Gasteiger partial charge in [-0.1, -0.05) is 13.8 Å². The van der Waals surface area contributed by atoms with Crippen molar-refractivity contribution in [3.8, 4) is 5.88 Å². The van der Waals surface area contributed by atoms with E-state index in [0.29, 0.717) is 5.92 Å². The molecule has 1 rings (SSSR count). The predicted molar refractivity (Wildman–Crippen MR) is 45.8 cm³/mol. The Labute approximate surface area is 68.3 Å². The third-order valence-electron chi connectivity index (χ3n) is 1.25. The van der Waals surface area contributed by atoms with Gasteiger partial charge in [-0.25, -0.2) is 4.98 Å². The lowest BCUT2D eigenvalue weighted by molar-refractivity contribution is 0.262. The van der Waals surface area contributed by atoms with Crippen LogP contribution in [0.25, 0.3) is 0 Å². The number of nitrogens with zero attached hydrogens (tertiary/aromatic N) is 1. The average Bonchev–Trinajstić information content (AvgIpc) is 2.31. The van der Waals surface area contributed by atoms with Crippen LogP contribution in [0.4, 0.5) is 0 Å². The second-order valence-corrected chi connectivity index (χ2v) is 3.04. The van der Waals surface area contributed by atoms with Crippen molar-refractivity contribution in [3.05, 3.63) is 12.0 Å². The molecule has 1 N–H and O–H groups in total. The Morgan fingerprint density at radius 3 is 2.91 bits per heavy atom. The average molecular weight is 156 g/mol. The van der Waals surface area contributed by atoms with E-state index >= 15 is 0 Å². The molecule has 0 aliphatic heterocycles. The van der Waals surface area contributed by atoms with Gasteiger partial charge in [0.15, 0.2) is 0 Å². The number of imidazole rings is 1. The second kappa shape index (κ2) is 3.42. The van der Waals surface area contributed by atoms with Gasteiger partial charge in [-0.05, 0) is 12.8 Å². The molecule has 0 unspecified atom stereocenters. The Kier molecular flexibility index (Phi) is 2.52. The SMILES string of the molecule is Cc1ncc(OCC(C)C)[nH]1.[HH]. The molecule has 0 amide bonds. The van der Waals surface area contributed by atoms with Gasteiger partial charge in [-0.3, -0.25) is 0 Å². The van der Waals surface area contributed by atoms with E-state index in [2.05, 4.69) is 23.8 Å². The van der Waals surface area contributed by atoms with Crippen LogP contribution < -0.4 is 4.74 Å². The first-order valence-corrected chi connectivity index (χ1v) is 3.83. The van der Waals surface area contributed by atoms with Crippen molar-refractivity contribution in [1.82, 2.24) is 9.97 Å². The van der Waals surface area contributed by atoms with Crippen molar-refractivity contribution < 1.29 is 6.16 Å². The van der Waals surface area contributed by atoms with E-state index in [9.17, 15) is 0 Å². The molecule has 0 saturated heterocycles. The summed E-state index contributed by atoms with van der Waals surface area (Å²) in [6, 6.07) is 0. The van der Waals surface area contributed by atoms with E-state index in [4.69, 9.17) is 4.74 Å². The molecule has 3 nitrogen and oxygen atoms in total. The molecule has 0 saturated carbocycles. The van der Waals surface area contributed by atoms with Crippen molar-refractivity contribution in [2.45, 2.75) is 20.8 Å². The molecule has 0 aliphatic rings. The van der Waals surface area contributed by atoms with Crippen LogP contribution in [0.15, 0.2) is 6.20 Å². The molecule has 11 heavy (non-hydrogen) atoms. The summed E-state index contributed by atoms with van der Waals surface area (Å²) in [6.07, 6.45) is 1.71. The fourth-order valence-electron chi connectivity index (χ4n) is 0.728. The topological polar surface area (TPSA) is 37.9 Å². The van der Waals surface area contributed by atoms with Gasteiger partial charge in [0.25, 0.3) is 0 Å². The van der Waals surface area contributed by atoms with E-state index in [1.807, 2.05) is 6.92 Å². The number of nitrogens with one attached hydrogen (secondary N) is 1. The molecule has 64 valence electrons. The van der Waals surface area contributed by atoms with Crippen LogP contribution in [-0.4, -0.2) is 16.6 Å². The summed E-state index contributed by atoms with van der Waals surface area (Å²) < 4.78 is 5.37. The van der Waals surface area contributed by atoms with Crippen LogP contribution in [0, 0.1) is 12.8 Å². The molecule has 1 aromatic heterocycles. The van der Waals surface area contributed by atoms with Crippen LogP contribution in [0.1, 0.15) is 21.1 Å². The van der Waals surface area contributed by atoms with Crippen LogP contribution >= 0.6 is 0 Å². The Morgan fingerprint density at radius 1 is 1.73 bits per heavy atom. The predicted octanol–water partition coefficient (Wildman–Crippen LogP) is 2.00. The molecular formula is C8H16N2O. The highest BCUT2D eigenvalue weighted by Crippen LogP contribution is 2.06. The minimum absolute atomic E-state index is 0. The third kappa shape index (κ3) is 2.62. The largest absolute Gasteiger partial charge is 0.478 e. The summed E-state index contributed by atoms with van der Waals surface area (Å²) in [5.74, 6) is 2.21. The number of rotatable bonds is 3. The molecule has 0 aromatic carbocycles. The number of hydrogen-bond acceptors (Lipinski definition) is 2. The summed E-state index contributed by atoms with van der Waals surface area (Å²) in [6.45, 7) is 6.87. The summed E-state index contributed by atoms with van der Waals surface area (Å²) in [5, 5.41) is 0. The summed E-state index contributed by atoms with van der Waals surface area (Å²) >= 11 is 0. The molecule has 0 fully saturated rings. The van der Waals surface area contributed by atoms with Gasteiger partial charge >= 0.3 is 0 Å². The van der Waals surface area contributed by atoms with Crippen molar-refractivity contribution in [3.63, 3.8) is 0 Å². The second-order valence-electron chi connectivity index (χ2n) is 3.04. The van der Waals surface area contributed by atoms with Gasteiger partial charge in [0.2, 0.25) is 5.88 Å². The normalized spacial score (nSPS) is 10.5. The van der Waals surface area contributed by atoms with Gasteiger partial charge in [0.05, 0.1) is 12.8 Å². The maximum atomic E-state index is 5.37. The minimum Gasteiger partial charge on any atom is -0.478 e. The first-order valence-electron chi connectivity index (χ1n) is 3.83. The van der Waals surface area contributed by atoms with E-state index in [1.54, 1.807) is 6.20 Å². The van der Waals surface area contributed by atoms with Crippen molar-refractivity contribution in [2.24, 2.45) is 5.92 Å². The van der Waals surface area contributed by atoms with Gasteiger partial charge in [-0.15, -0.1) is 0 Å². The zero-order valence-electron chi connectivity index (χ0n) is 7.22. The summed E-state index contributed by atoms with van der Waals surface area (Å²) in [5.41, 5.74) is 0. The first kappa shape index (κ1) is 8.11. The van der Waals surface area contributed by atoms with Gasteiger partial charge < -0.3 is 9.72 Å². The molecule has 0 radical (unpaired) electrons. The lowest BCUT2D eigenvalue weighted by Gasteiger charge is -2.04. The molecule has 3 heteroatoms. The Morgan fingerprint density at radius 2 is 2.45 bits per heavy atom. The number of aromatic amines is 1. The quantitative estimate of drug-likeness (QED) is 0.726. The van der Waals surface area contributed by atoms with Crippen LogP contribution in [-0.2, 0) is 0 Å². The number of ether oxygens (including phenoxy) is 1. The Hall–Kier alpha value is -0.990. The molecule has 0 aliphatic carbocycles. The Bertz CT molecular complexity index is 223. The zero-order chi connectivity index (χ0) is 8.27. The zero-order valence-corrected chi connectivity index (χ0v) is 7.22. The third-order valence-corrected chi connectivity index (χ3v) is 1.25. The van der Waals surface area contributed by atoms with Crippen molar-refractivity contribution in [1.29, 1.82) is 0 Å². The maximum Gasteiger partial charge on any atom is 0.211 e. The highest BCUT2D eigenvalue weighted by Gasteiger charge is 1.98. The fraction of sp³-hybridized carbons (Fsp3) is 0.625. The number of aryl methyl sites for hydroxylation is 1. The monoisotopic (exact) mass is 156 g/mol. The highest BCUT2D eigenvalue weighted by molar-refractivity contribution is 5.05. The Balaban J connectivity index is 0.00000121. The van der Waals surface area contributed by atoms with Crippen LogP contribution in [0.3, 0.4) is 0 Å². The maximum absolute atomic E-state index is 5.37. The van der Waals surface area contributed by atoms with Gasteiger partial charge in [-0.2, -0.15) is 0 Å². The van der Waals surface area contributed by atoms with E-state index in [1.165, 1.54) is 0 Å². The van der Waals surface area contributed by atoms with Crippen molar-refractivity contribution >= 4 is 0 Å². The molecule has 0 bridgehead atoms. The molecule has 1 aromatic rings. The number of H-pyrrole nitrogens is 1. The molecule has 1 heterocycles. The molecule has 0 spiro atoms. The number of hydrogen-bond donors (Lipinski definition) is 1. The summed E-state index contributed by atoms with van der Waals surface area (Å²) in [4.78, 5) is 7.01. The minimum atomic E-state index is 0. The van der Waals surface area contributed by atoms with Crippen LogP contribution in [0.5, 0.6) is 5.88 Å². The molecular weight excluding hydrogens is 140 g/mol.